The number of amides is 1. The fourth-order valence-electron chi connectivity index (χ4n) is 5.48. The van der Waals surface area contributed by atoms with Crippen molar-refractivity contribution in [1.82, 2.24) is 4.90 Å². The second-order valence-electron chi connectivity index (χ2n) is 9.95. The molecule has 0 radical (unpaired) electrons. The summed E-state index contributed by atoms with van der Waals surface area (Å²) in [4.78, 5) is 29.6. The van der Waals surface area contributed by atoms with Gasteiger partial charge in [-0.2, -0.15) is 0 Å². The van der Waals surface area contributed by atoms with Crippen molar-refractivity contribution < 1.29 is 38.9 Å². The number of carbonyl (C=O) groups is 2. The molecular weight excluding hydrogens is 556 g/mol. The summed E-state index contributed by atoms with van der Waals surface area (Å²) in [6.45, 7) is 6.30. The third kappa shape index (κ3) is 5.00. The van der Waals surface area contributed by atoms with Gasteiger partial charge in [0, 0.05) is 25.0 Å². The molecule has 0 aliphatic carbocycles. The van der Waals surface area contributed by atoms with Gasteiger partial charge < -0.3 is 34.2 Å². The number of methoxy groups -OCH3 is 1. The summed E-state index contributed by atoms with van der Waals surface area (Å²) in [5.74, 6) is -1.18. The molecule has 9 nitrogen and oxygen atoms in total. The van der Waals surface area contributed by atoms with Gasteiger partial charge in [0.2, 0.25) is 5.78 Å². The molecule has 0 aromatic heterocycles. The van der Waals surface area contributed by atoms with Crippen LogP contribution in [0.15, 0.2) is 40.4 Å². The number of ketones is 1. The Balaban J connectivity index is 1.54. The highest BCUT2D eigenvalue weighted by molar-refractivity contribution is 9.10. The van der Waals surface area contributed by atoms with E-state index in [4.69, 9.17) is 14.2 Å². The number of benzene rings is 2. The zero-order valence-corrected chi connectivity index (χ0v) is 23.0. The molecule has 0 spiro atoms. The maximum atomic E-state index is 13.9. The molecule has 0 saturated carbocycles. The second-order valence-corrected chi connectivity index (χ2v) is 10.8. The first kappa shape index (κ1) is 26.5. The zero-order valence-electron chi connectivity index (χ0n) is 21.4. The normalized spacial score (nSPS) is 23.0. The van der Waals surface area contributed by atoms with E-state index in [0.717, 1.165) is 30.9 Å². The number of fused-ring (bicyclic) bond motifs is 1. The van der Waals surface area contributed by atoms with Crippen LogP contribution >= 0.6 is 15.9 Å². The fraction of sp³-hybridized carbons (Fsp3) is 0.429. The molecule has 5 rings (SSSR count). The summed E-state index contributed by atoms with van der Waals surface area (Å²) in [6.07, 6.45) is 1.34. The van der Waals surface area contributed by atoms with Crippen molar-refractivity contribution in [1.29, 1.82) is 0 Å². The number of carbonyl (C=O) groups excluding carboxylic acids is 2. The highest BCUT2D eigenvalue weighted by Gasteiger charge is 2.44. The minimum Gasteiger partial charge on any atom is -0.872 e. The van der Waals surface area contributed by atoms with Crippen molar-refractivity contribution in [3.05, 3.63) is 57.1 Å². The second kappa shape index (κ2) is 11.0. The Labute approximate surface area is 229 Å². The van der Waals surface area contributed by atoms with Gasteiger partial charge in [-0.15, -0.1) is 0 Å². The number of rotatable bonds is 7. The van der Waals surface area contributed by atoms with Gasteiger partial charge in [-0.3, -0.25) is 9.59 Å². The number of nitrogens with zero attached hydrogens (tertiary/aromatic N) is 1. The molecule has 2 fully saturated rings. The highest BCUT2D eigenvalue weighted by atomic mass is 79.9. The van der Waals surface area contributed by atoms with Gasteiger partial charge in [0.1, 0.15) is 24.9 Å². The molecule has 2 aromatic rings. The minimum atomic E-state index is -0.906. The van der Waals surface area contributed by atoms with Gasteiger partial charge >= 0.3 is 0 Å². The lowest BCUT2D eigenvalue weighted by Crippen LogP contribution is -3.14. The van der Waals surface area contributed by atoms with Crippen molar-refractivity contribution in [3.63, 3.8) is 0 Å². The average Bonchev–Trinajstić information content (AvgIpc) is 3.41. The molecular formula is C28H31BrN2O7. The Morgan fingerprint density at radius 2 is 2.00 bits per heavy atom. The van der Waals surface area contributed by atoms with Crippen molar-refractivity contribution in [3.8, 4) is 17.2 Å². The molecule has 202 valence electrons. The summed E-state index contributed by atoms with van der Waals surface area (Å²) in [5.41, 5.74) is 1.65. The zero-order chi connectivity index (χ0) is 27.0. The van der Waals surface area contributed by atoms with Crippen molar-refractivity contribution >= 4 is 33.4 Å². The maximum absolute atomic E-state index is 13.9. The van der Waals surface area contributed by atoms with Gasteiger partial charge in [-0.25, -0.2) is 0 Å². The standard InChI is InChI=1S/C28H31BrN2O7/c1-16-12-18-13-17(4-5-21(18)38-16)25(32)23-24(19-14-20(29)26(33)22(15-19)36-2)31(28(35)27(23)34)7-3-6-30-8-10-37-11-9-30/h4-5,13-16,24,32-33H,3,6-12H2,1-2H3. The van der Waals surface area contributed by atoms with Crippen LogP contribution in [0, 0.1) is 0 Å². The van der Waals surface area contributed by atoms with Crippen LogP contribution in [0.2, 0.25) is 0 Å². The third-order valence-electron chi connectivity index (χ3n) is 7.40. The molecule has 2 N–H and O–H groups in total. The van der Waals surface area contributed by atoms with E-state index in [0.29, 0.717) is 48.2 Å². The van der Waals surface area contributed by atoms with E-state index in [2.05, 4.69) is 15.9 Å². The number of halogens is 1. The van der Waals surface area contributed by atoms with E-state index >= 15 is 0 Å². The summed E-state index contributed by atoms with van der Waals surface area (Å²) >= 11 is 3.34. The highest BCUT2D eigenvalue weighted by Crippen LogP contribution is 2.44. The monoisotopic (exact) mass is 586 g/mol. The molecule has 0 bridgehead atoms. The Morgan fingerprint density at radius 1 is 1.24 bits per heavy atom. The van der Waals surface area contributed by atoms with Crippen LogP contribution in [0.25, 0.3) is 5.76 Å². The number of morpholine rings is 1. The van der Waals surface area contributed by atoms with Crippen LogP contribution in [0.4, 0.5) is 0 Å². The quantitative estimate of drug-likeness (QED) is 0.283. The lowest BCUT2D eigenvalue weighted by Gasteiger charge is -2.29. The number of hydrogen-bond donors (Lipinski definition) is 2. The van der Waals surface area contributed by atoms with E-state index in [-0.39, 0.29) is 23.2 Å². The van der Waals surface area contributed by atoms with Crippen LogP contribution in [0.5, 0.6) is 17.2 Å². The molecule has 3 aliphatic heterocycles. The van der Waals surface area contributed by atoms with Crippen LogP contribution in [-0.4, -0.2) is 74.3 Å². The molecule has 2 unspecified atom stereocenters. The number of aromatic hydroxyl groups is 1. The van der Waals surface area contributed by atoms with Crippen LogP contribution < -0.4 is 19.5 Å². The van der Waals surface area contributed by atoms with Gasteiger partial charge in [-0.1, -0.05) is 11.8 Å². The topological polar surface area (TPSA) is 113 Å². The number of hydrogen-bond acceptors (Lipinski definition) is 7. The Morgan fingerprint density at radius 3 is 2.74 bits per heavy atom. The Kier molecular flexibility index (Phi) is 7.65. The molecule has 1 amide bonds. The van der Waals surface area contributed by atoms with Gasteiger partial charge in [-0.05, 0) is 63.8 Å². The molecule has 3 aliphatic rings. The minimum absolute atomic E-state index is 0.0105. The number of phenols is 1. The van der Waals surface area contributed by atoms with Crippen LogP contribution in [0.3, 0.4) is 0 Å². The first-order valence-corrected chi connectivity index (χ1v) is 13.6. The summed E-state index contributed by atoms with van der Waals surface area (Å²) < 4.78 is 16.8. The number of phenolic OH excluding ortho intramolecular Hbond substituents is 1. The summed E-state index contributed by atoms with van der Waals surface area (Å²) in [5, 5.41) is 24.2. The Hall–Kier alpha value is -3.08. The summed E-state index contributed by atoms with van der Waals surface area (Å²) in [6, 6.07) is 7.42. The van der Waals surface area contributed by atoms with Crippen molar-refractivity contribution in [2.45, 2.75) is 31.9 Å². The number of ether oxygens (including phenoxy) is 3. The molecule has 2 atom stereocenters. The number of nitrogens with one attached hydrogen (secondary N) is 1. The largest absolute Gasteiger partial charge is 0.872 e. The molecule has 38 heavy (non-hydrogen) atoms. The lowest BCUT2D eigenvalue weighted by atomic mass is 9.94. The smallest absolute Gasteiger partial charge is 0.295 e. The molecule has 3 heterocycles. The third-order valence-corrected chi connectivity index (χ3v) is 8.01. The van der Waals surface area contributed by atoms with Crippen LogP contribution in [0.1, 0.15) is 36.1 Å². The lowest BCUT2D eigenvalue weighted by molar-refractivity contribution is -0.908. The number of Topliss-reactive ketones (excluding diaryl/α,β-unsaturated/α-hetero) is 1. The van der Waals surface area contributed by atoms with E-state index in [1.807, 2.05) is 6.92 Å². The van der Waals surface area contributed by atoms with E-state index in [1.54, 1.807) is 30.3 Å². The van der Waals surface area contributed by atoms with E-state index < -0.39 is 23.5 Å². The molecule has 2 aromatic carbocycles. The van der Waals surface area contributed by atoms with Crippen molar-refractivity contribution in [2.24, 2.45) is 0 Å². The fourth-order valence-corrected chi connectivity index (χ4v) is 5.94. The first-order valence-electron chi connectivity index (χ1n) is 12.8. The van der Waals surface area contributed by atoms with Gasteiger partial charge in [0.25, 0.3) is 5.91 Å². The van der Waals surface area contributed by atoms with Crippen LogP contribution in [-0.2, 0) is 20.7 Å². The average molecular weight is 587 g/mol. The van der Waals surface area contributed by atoms with Crippen molar-refractivity contribution in [2.75, 3.05) is 46.5 Å². The van der Waals surface area contributed by atoms with E-state index in [1.165, 1.54) is 16.9 Å². The number of likely N-dealkylation sites (tertiary alicyclic amines) is 1. The van der Waals surface area contributed by atoms with E-state index in [9.17, 15) is 19.8 Å². The Bertz CT molecular complexity index is 1290. The molecule has 2 saturated heterocycles. The van der Waals surface area contributed by atoms with Gasteiger partial charge in [0.05, 0.1) is 37.4 Å². The predicted molar refractivity (Wildman–Crippen MR) is 140 cm³/mol. The van der Waals surface area contributed by atoms with Gasteiger partial charge in [0.15, 0.2) is 11.5 Å². The predicted octanol–water partition coefficient (Wildman–Crippen LogP) is 1.02. The summed E-state index contributed by atoms with van der Waals surface area (Å²) in [7, 11) is 1.42. The SMILES string of the molecule is COc1cc(C2C(=C([O-])c3ccc4c(c3)CC(C)O4)C(=O)C(=O)N2CCC[NH+]2CCOCC2)cc(Br)c1O. The number of quaternary nitrogens is 1. The maximum Gasteiger partial charge on any atom is 0.295 e. The molecule has 10 heteroatoms. The first-order chi connectivity index (χ1) is 18.3.